The second-order valence-electron chi connectivity index (χ2n) is 11.1. The largest absolute Gasteiger partial charge is 0.394 e. The van der Waals surface area contributed by atoms with Crippen molar-refractivity contribution in [3.8, 4) is 0 Å². The Morgan fingerprint density at radius 2 is 1.97 bits per heavy atom. The Hall–Kier alpha value is -2.29. The number of thioether (sulfide) groups is 1. The number of fused-ring (bicyclic) bond motifs is 1. The van der Waals surface area contributed by atoms with Crippen LogP contribution >= 0.6 is 23.4 Å². The number of anilines is 1. The minimum Gasteiger partial charge on any atom is -0.394 e. The highest BCUT2D eigenvalue weighted by atomic mass is 35.5. The maximum absolute atomic E-state index is 14.8. The SMILES string of the molecule is C=CCN(C)C(=O)[C@@H]1[C@@H]2CCC3(S2)C(C(=O)N(CC=C)c2c(C)cccc2Cl)N([C@@H](CO)[C@@H](C)CC)C(=O)[C@H]13. The number of benzene rings is 1. The van der Waals surface area contributed by atoms with Gasteiger partial charge in [-0.25, -0.2) is 0 Å². The van der Waals surface area contributed by atoms with Gasteiger partial charge in [-0.3, -0.25) is 14.4 Å². The Kier molecular flexibility index (Phi) is 8.89. The molecule has 0 aromatic heterocycles. The van der Waals surface area contributed by atoms with Crippen molar-refractivity contribution in [3.63, 3.8) is 0 Å². The number of likely N-dealkylation sites (tertiary alicyclic amines) is 1. The predicted molar refractivity (Wildman–Crippen MR) is 158 cm³/mol. The van der Waals surface area contributed by atoms with Crippen molar-refractivity contribution in [2.75, 3.05) is 31.6 Å². The number of likely N-dealkylation sites (N-methyl/N-ethyl adjacent to an activating group) is 1. The lowest BCUT2D eigenvalue weighted by atomic mass is 9.70. The third kappa shape index (κ3) is 4.72. The molecule has 3 amide bonds. The molecule has 3 fully saturated rings. The summed E-state index contributed by atoms with van der Waals surface area (Å²) < 4.78 is -0.760. The lowest BCUT2D eigenvalue weighted by Crippen LogP contribution is -2.59. The van der Waals surface area contributed by atoms with E-state index in [1.54, 1.807) is 51.7 Å². The van der Waals surface area contributed by atoms with Crippen molar-refractivity contribution in [3.05, 3.63) is 54.1 Å². The Morgan fingerprint density at radius 1 is 1.28 bits per heavy atom. The standard InChI is InChI=1S/C30H40ClN3O4S/c1-7-15-32(6)27(36)23-22-13-14-30(39-22)24(23)28(37)34(21(17-35)18(4)9-3)26(30)29(38)33(16-8-2)25-19(5)11-10-12-20(25)31/h7-8,10-12,18,21-24,26,35H,1-2,9,13-17H2,3-6H3/t18-,21-,22-,23+,24-,26?,30?/m0/s1. The number of hydrogen-bond donors (Lipinski definition) is 1. The molecular weight excluding hydrogens is 534 g/mol. The fourth-order valence-corrected chi connectivity index (χ4v) is 9.41. The number of aliphatic hydroxyl groups is 1. The normalized spacial score (nSPS) is 28.7. The minimum atomic E-state index is -0.839. The molecule has 1 N–H and O–H groups in total. The van der Waals surface area contributed by atoms with Gasteiger partial charge >= 0.3 is 0 Å². The van der Waals surface area contributed by atoms with Crippen LogP contribution in [0.4, 0.5) is 5.69 Å². The van der Waals surface area contributed by atoms with Crippen molar-refractivity contribution < 1.29 is 19.5 Å². The molecule has 1 aromatic carbocycles. The first-order valence-electron chi connectivity index (χ1n) is 13.7. The number of carbonyl (C=O) groups excluding carboxylic acids is 3. The highest BCUT2D eigenvalue weighted by Crippen LogP contribution is 2.67. The summed E-state index contributed by atoms with van der Waals surface area (Å²) in [6.07, 6.45) is 5.47. The fourth-order valence-electron chi connectivity index (χ4n) is 6.89. The van der Waals surface area contributed by atoms with Gasteiger partial charge in [0.25, 0.3) is 5.91 Å². The van der Waals surface area contributed by atoms with Crippen LogP contribution in [0.5, 0.6) is 0 Å². The lowest BCUT2D eigenvalue weighted by molar-refractivity contribution is -0.145. The third-order valence-electron chi connectivity index (χ3n) is 8.92. The lowest BCUT2D eigenvalue weighted by Gasteiger charge is -2.41. The van der Waals surface area contributed by atoms with E-state index in [1.807, 2.05) is 32.9 Å². The van der Waals surface area contributed by atoms with Crippen LogP contribution in [0.3, 0.4) is 0 Å². The van der Waals surface area contributed by atoms with Gasteiger partial charge in [0.15, 0.2) is 0 Å². The molecule has 212 valence electrons. The van der Waals surface area contributed by atoms with Crippen molar-refractivity contribution in [1.82, 2.24) is 9.80 Å². The Labute approximate surface area is 241 Å². The van der Waals surface area contributed by atoms with E-state index < -0.39 is 28.7 Å². The number of halogens is 1. The van der Waals surface area contributed by atoms with Gasteiger partial charge in [-0.1, -0.05) is 56.2 Å². The predicted octanol–water partition coefficient (Wildman–Crippen LogP) is 4.31. The second kappa shape index (κ2) is 11.7. The van der Waals surface area contributed by atoms with Gasteiger partial charge < -0.3 is 19.8 Å². The number of nitrogens with zero attached hydrogens (tertiary/aromatic N) is 3. The number of aliphatic hydroxyl groups excluding tert-OH is 1. The smallest absolute Gasteiger partial charge is 0.251 e. The first-order valence-corrected chi connectivity index (χ1v) is 15.0. The zero-order valence-electron chi connectivity index (χ0n) is 23.3. The third-order valence-corrected chi connectivity index (χ3v) is 11.2. The molecule has 4 rings (SSSR count). The van der Waals surface area contributed by atoms with E-state index in [-0.39, 0.29) is 42.0 Å². The first-order chi connectivity index (χ1) is 18.6. The zero-order chi connectivity index (χ0) is 28.6. The van der Waals surface area contributed by atoms with Crippen LogP contribution in [0.25, 0.3) is 0 Å². The van der Waals surface area contributed by atoms with Crippen molar-refractivity contribution in [2.24, 2.45) is 17.8 Å². The Bertz CT molecular complexity index is 1140. The van der Waals surface area contributed by atoms with E-state index in [4.69, 9.17) is 11.6 Å². The quantitative estimate of drug-likeness (QED) is 0.399. The molecule has 0 aliphatic carbocycles. The number of carbonyl (C=O) groups is 3. The van der Waals surface area contributed by atoms with Crippen LogP contribution in [-0.2, 0) is 14.4 Å². The zero-order valence-corrected chi connectivity index (χ0v) is 24.9. The van der Waals surface area contributed by atoms with E-state index in [9.17, 15) is 19.5 Å². The molecule has 0 radical (unpaired) electrons. The molecule has 39 heavy (non-hydrogen) atoms. The highest BCUT2D eigenvalue weighted by molar-refractivity contribution is 8.02. The molecule has 1 aromatic rings. The molecule has 3 aliphatic heterocycles. The van der Waals surface area contributed by atoms with Gasteiger partial charge in [-0.05, 0) is 37.3 Å². The average Bonchev–Trinajstić information content (AvgIpc) is 3.55. The van der Waals surface area contributed by atoms with Gasteiger partial charge in [0.1, 0.15) is 6.04 Å². The summed E-state index contributed by atoms with van der Waals surface area (Å²) in [5.74, 6) is -1.74. The molecule has 7 atom stereocenters. The van der Waals surface area contributed by atoms with E-state index in [0.717, 1.165) is 18.4 Å². The van der Waals surface area contributed by atoms with Crippen LogP contribution in [0.2, 0.25) is 5.02 Å². The average molecular weight is 574 g/mol. The summed E-state index contributed by atoms with van der Waals surface area (Å²) in [5.41, 5.74) is 1.43. The summed E-state index contributed by atoms with van der Waals surface area (Å²) in [6.45, 7) is 13.9. The van der Waals surface area contributed by atoms with Crippen LogP contribution in [0.1, 0.15) is 38.7 Å². The maximum atomic E-state index is 14.8. The van der Waals surface area contributed by atoms with E-state index >= 15 is 0 Å². The van der Waals surface area contributed by atoms with Gasteiger partial charge in [0.2, 0.25) is 11.8 Å². The van der Waals surface area contributed by atoms with E-state index in [2.05, 4.69) is 13.2 Å². The summed E-state index contributed by atoms with van der Waals surface area (Å²) in [4.78, 5) is 47.8. The van der Waals surface area contributed by atoms with Gasteiger partial charge in [-0.15, -0.1) is 24.9 Å². The molecule has 2 unspecified atom stereocenters. The molecule has 9 heteroatoms. The summed E-state index contributed by atoms with van der Waals surface area (Å²) in [5, 5.41) is 11.0. The molecule has 3 saturated heterocycles. The van der Waals surface area contributed by atoms with Crippen molar-refractivity contribution in [2.45, 2.75) is 62.1 Å². The summed E-state index contributed by atoms with van der Waals surface area (Å²) in [7, 11) is 1.73. The molecular formula is C30H40ClN3O4S. The monoisotopic (exact) mass is 573 g/mol. The maximum Gasteiger partial charge on any atom is 0.251 e. The van der Waals surface area contributed by atoms with Gasteiger partial charge in [0, 0.05) is 25.4 Å². The number of para-hydroxylation sites is 1. The van der Waals surface area contributed by atoms with Crippen molar-refractivity contribution >= 4 is 46.8 Å². The molecule has 3 heterocycles. The van der Waals surface area contributed by atoms with Crippen LogP contribution in [-0.4, -0.2) is 81.5 Å². The Balaban J connectivity index is 1.87. The molecule has 2 bridgehead atoms. The molecule has 3 aliphatic rings. The second-order valence-corrected chi connectivity index (χ2v) is 13.1. The number of aryl methyl sites for hydroxylation is 1. The molecule has 1 spiro atoms. The van der Waals surface area contributed by atoms with E-state index in [1.165, 1.54) is 0 Å². The number of hydrogen-bond acceptors (Lipinski definition) is 5. The van der Waals surface area contributed by atoms with Gasteiger partial charge in [0.05, 0.1) is 39.9 Å². The summed E-state index contributed by atoms with van der Waals surface area (Å²) >= 11 is 8.27. The fraction of sp³-hybridized carbons (Fsp3) is 0.567. The van der Waals surface area contributed by atoms with Crippen LogP contribution in [0.15, 0.2) is 43.5 Å². The molecule has 0 saturated carbocycles. The number of rotatable bonds is 11. The van der Waals surface area contributed by atoms with Crippen LogP contribution < -0.4 is 4.90 Å². The van der Waals surface area contributed by atoms with Crippen LogP contribution in [0, 0.1) is 24.7 Å². The first kappa shape index (κ1) is 29.7. The highest BCUT2D eigenvalue weighted by Gasteiger charge is 2.74. The van der Waals surface area contributed by atoms with Crippen molar-refractivity contribution in [1.29, 1.82) is 0 Å². The number of amides is 3. The Morgan fingerprint density at radius 3 is 2.56 bits per heavy atom. The van der Waals surface area contributed by atoms with E-state index in [0.29, 0.717) is 23.7 Å². The topological polar surface area (TPSA) is 81.2 Å². The molecule has 7 nitrogen and oxygen atoms in total. The minimum absolute atomic E-state index is 0.0396. The summed E-state index contributed by atoms with van der Waals surface area (Å²) in [6, 6.07) is 4.11. The van der Waals surface area contributed by atoms with Gasteiger partial charge in [-0.2, -0.15) is 0 Å².